The van der Waals surface area contributed by atoms with Gasteiger partial charge in [0.1, 0.15) is 0 Å². The van der Waals surface area contributed by atoms with Crippen molar-refractivity contribution < 1.29 is 9.59 Å². The zero-order valence-corrected chi connectivity index (χ0v) is 11.0. The molecule has 0 spiro atoms. The van der Waals surface area contributed by atoms with Crippen molar-refractivity contribution in [2.24, 2.45) is 11.8 Å². The van der Waals surface area contributed by atoms with Crippen LogP contribution in [0.4, 0.5) is 5.69 Å². The number of carbonyl (C=O) groups excluding carboxylic acids is 2. The van der Waals surface area contributed by atoms with E-state index in [2.05, 4.69) is 16.7 Å². The van der Waals surface area contributed by atoms with E-state index < -0.39 is 0 Å². The van der Waals surface area contributed by atoms with E-state index in [1.165, 1.54) is 5.56 Å². The zero-order chi connectivity index (χ0) is 13.4. The van der Waals surface area contributed by atoms with E-state index in [1.54, 1.807) is 0 Å². The average Bonchev–Trinajstić information content (AvgIpc) is 2.39. The van der Waals surface area contributed by atoms with Gasteiger partial charge in [-0.15, -0.1) is 0 Å². The first kappa shape index (κ1) is 12.2. The van der Waals surface area contributed by atoms with Gasteiger partial charge in [-0.3, -0.25) is 9.59 Å². The van der Waals surface area contributed by atoms with E-state index in [-0.39, 0.29) is 29.6 Å². The molecule has 100 valence electrons. The van der Waals surface area contributed by atoms with Gasteiger partial charge in [0.05, 0.1) is 0 Å². The minimum Gasteiger partial charge on any atom is -0.356 e. The highest BCUT2D eigenvalue weighted by molar-refractivity contribution is 5.97. The minimum atomic E-state index is -0.108. The SMILES string of the molecule is C[C@H]1C[C@@H]2C(=O)Nc3ccccc3[C@@H]2CCNC1=O. The van der Waals surface area contributed by atoms with E-state index in [4.69, 9.17) is 0 Å². The molecule has 19 heavy (non-hydrogen) atoms. The summed E-state index contributed by atoms with van der Waals surface area (Å²) in [4.78, 5) is 24.0. The van der Waals surface area contributed by atoms with Crippen molar-refractivity contribution in [3.8, 4) is 0 Å². The van der Waals surface area contributed by atoms with Gasteiger partial charge >= 0.3 is 0 Å². The molecule has 4 nitrogen and oxygen atoms in total. The Balaban J connectivity index is 1.97. The third-order valence-electron chi connectivity index (χ3n) is 4.25. The predicted molar refractivity (Wildman–Crippen MR) is 72.7 cm³/mol. The fourth-order valence-corrected chi connectivity index (χ4v) is 3.20. The van der Waals surface area contributed by atoms with Crippen LogP contribution in [0.5, 0.6) is 0 Å². The van der Waals surface area contributed by atoms with Crippen LogP contribution in [0.3, 0.4) is 0 Å². The number of hydrogen-bond acceptors (Lipinski definition) is 2. The molecule has 2 N–H and O–H groups in total. The van der Waals surface area contributed by atoms with Crippen LogP contribution in [0.1, 0.15) is 31.2 Å². The van der Waals surface area contributed by atoms with Gasteiger partial charge in [0.25, 0.3) is 0 Å². The standard InChI is InChI=1S/C15H18N2O2/c1-9-8-12-10(6-7-16-14(9)18)11-4-2-3-5-13(11)17-15(12)19/h2-5,9-10,12H,6-8H2,1H3,(H,16,18)(H,17,19)/t9-,10-,12-/m0/s1. The average molecular weight is 258 g/mol. The summed E-state index contributed by atoms with van der Waals surface area (Å²) in [6.07, 6.45) is 1.45. The molecular formula is C15H18N2O2. The van der Waals surface area contributed by atoms with Crippen molar-refractivity contribution in [3.05, 3.63) is 29.8 Å². The van der Waals surface area contributed by atoms with Gasteiger partial charge in [-0.05, 0) is 30.4 Å². The normalized spacial score (nSPS) is 30.3. The first-order chi connectivity index (χ1) is 9.16. The predicted octanol–water partition coefficient (Wildman–Crippen LogP) is 1.88. The lowest BCUT2D eigenvalue weighted by Crippen LogP contribution is -2.42. The molecule has 2 aliphatic rings. The number of anilines is 1. The van der Waals surface area contributed by atoms with E-state index in [9.17, 15) is 9.59 Å². The Morgan fingerprint density at radius 1 is 1.11 bits per heavy atom. The Bertz CT molecular complexity index is 527. The molecule has 0 radical (unpaired) electrons. The maximum absolute atomic E-state index is 12.3. The summed E-state index contributed by atoms with van der Waals surface area (Å²) >= 11 is 0. The molecule has 2 heterocycles. The molecule has 0 aromatic heterocycles. The fraction of sp³-hybridized carbons (Fsp3) is 0.467. The van der Waals surface area contributed by atoms with Crippen molar-refractivity contribution >= 4 is 17.5 Å². The second kappa shape index (κ2) is 4.68. The Hall–Kier alpha value is -1.84. The number of rotatable bonds is 0. The van der Waals surface area contributed by atoms with E-state index in [0.717, 1.165) is 12.1 Å². The van der Waals surface area contributed by atoms with Crippen molar-refractivity contribution in [1.82, 2.24) is 5.32 Å². The first-order valence-electron chi connectivity index (χ1n) is 6.84. The van der Waals surface area contributed by atoms with E-state index in [1.807, 2.05) is 25.1 Å². The largest absolute Gasteiger partial charge is 0.356 e. The Kier molecular flexibility index (Phi) is 3.01. The lowest BCUT2D eigenvalue weighted by Gasteiger charge is -2.36. The van der Waals surface area contributed by atoms with Crippen LogP contribution in [0.15, 0.2) is 24.3 Å². The van der Waals surface area contributed by atoms with Crippen LogP contribution in [0.2, 0.25) is 0 Å². The summed E-state index contributed by atoms with van der Waals surface area (Å²) in [5, 5.41) is 5.91. The van der Waals surface area contributed by atoms with Crippen molar-refractivity contribution in [1.29, 1.82) is 0 Å². The van der Waals surface area contributed by atoms with Gasteiger partial charge in [-0.2, -0.15) is 0 Å². The lowest BCUT2D eigenvalue weighted by atomic mass is 9.74. The number of para-hydroxylation sites is 1. The smallest absolute Gasteiger partial charge is 0.228 e. The molecule has 0 aliphatic carbocycles. The number of fused-ring (bicyclic) bond motifs is 3. The molecule has 0 bridgehead atoms. The number of nitrogens with one attached hydrogen (secondary N) is 2. The highest BCUT2D eigenvalue weighted by Gasteiger charge is 2.38. The van der Waals surface area contributed by atoms with Crippen molar-refractivity contribution in [3.63, 3.8) is 0 Å². The molecule has 2 aliphatic heterocycles. The molecule has 0 unspecified atom stereocenters. The highest BCUT2D eigenvalue weighted by Crippen LogP contribution is 2.41. The van der Waals surface area contributed by atoms with Crippen LogP contribution in [0, 0.1) is 11.8 Å². The van der Waals surface area contributed by atoms with Crippen LogP contribution < -0.4 is 10.6 Å². The quantitative estimate of drug-likeness (QED) is 0.746. The first-order valence-corrected chi connectivity index (χ1v) is 6.84. The molecule has 2 amide bonds. The molecular weight excluding hydrogens is 240 g/mol. The lowest BCUT2D eigenvalue weighted by molar-refractivity contribution is -0.127. The van der Waals surface area contributed by atoms with Crippen LogP contribution in [-0.4, -0.2) is 18.4 Å². The topological polar surface area (TPSA) is 58.2 Å². The maximum atomic E-state index is 12.3. The van der Waals surface area contributed by atoms with Gasteiger partial charge in [0.15, 0.2) is 0 Å². The molecule has 0 saturated carbocycles. The van der Waals surface area contributed by atoms with Crippen LogP contribution in [-0.2, 0) is 9.59 Å². The van der Waals surface area contributed by atoms with Crippen molar-refractivity contribution in [2.75, 3.05) is 11.9 Å². The molecule has 3 rings (SSSR count). The monoisotopic (exact) mass is 258 g/mol. The van der Waals surface area contributed by atoms with E-state index >= 15 is 0 Å². The third-order valence-corrected chi connectivity index (χ3v) is 4.25. The fourth-order valence-electron chi connectivity index (χ4n) is 3.20. The summed E-state index contributed by atoms with van der Waals surface area (Å²) in [7, 11) is 0. The minimum absolute atomic E-state index is 0.0603. The van der Waals surface area contributed by atoms with Crippen molar-refractivity contribution in [2.45, 2.75) is 25.7 Å². The van der Waals surface area contributed by atoms with Gasteiger partial charge < -0.3 is 10.6 Å². The van der Waals surface area contributed by atoms with Gasteiger partial charge in [-0.25, -0.2) is 0 Å². The van der Waals surface area contributed by atoms with Gasteiger partial charge in [0.2, 0.25) is 11.8 Å². The number of amides is 2. The number of carbonyl (C=O) groups is 2. The summed E-state index contributed by atoms with van der Waals surface area (Å²) in [6, 6.07) is 7.98. The Labute approximate surface area is 112 Å². The molecule has 1 aromatic rings. The second-order valence-corrected chi connectivity index (χ2v) is 5.51. The molecule has 3 atom stereocenters. The van der Waals surface area contributed by atoms with Crippen LogP contribution in [0.25, 0.3) is 0 Å². The summed E-state index contributed by atoms with van der Waals surface area (Å²) in [5.41, 5.74) is 2.13. The maximum Gasteiger partial charge on any atom is 0.228 e. The number of hydrogen-bond donors (Lipinski definition) is 2. The molecule has 4 heteroatoms. The summed E-state index contributed by atoms with van der Waals surface area (Å²) < 4.78 is 0. The Morgan fingerprint density at radius 3 is 2.74 bits per heavy atom. The van der Waals surface area contributed by atoms with Gasteiger partial charge in [0, 0.05) is 24.1 Å². The zero-order valence-electron chi connectivity index (χ0n) is 11.0. The molecule has 1 aromatic carbocycles. The van der Waals surface area contributed by atoms with Gasteiger partial charge in [-0.1, -0.05) is 25.1 Å². The number of benzene rings is 1. The molecule has 1 saturated heterocycles. The summed E-state index contributed by atoms with van der Waals surface area (Å²) in [5.74, 6) is 0.142. The van der Waals surface area contributed by atoms with E-state index in [0.29, 0.717) is 13.0 Å². The second-order valence-electron chi connectivity index (χ2n) is 5.51. The Morgan fingerprint density at radius 2 is 1.89 bits per heavy atom. The highest BCUT2D eigenvalue weighted by atomic mass is 16.2. The van der Waals surface area contributed by atoms with Crippen LogP contribution >= 0.6 is 0 Å². The third kappa shape index (κ3) is 2.11. The summed E-state index contributed by atoms with van der Waals surface area (Å²) in [6.45, 7) is 2.54. The molecule has 1 fully saturated rings.